The lowest BCUT2D eigenvalue weighted by atomic mass is 9.98. The molecular weight excluding hydrogens is 217 g/mol. The van der Waals surface area contributed by atoms with Crippen molar-refractivity contribution in [3.8, 4) is 0 Å². The van der Waals surface area contributed by atoms with Crippen LogP contribution in [0.1, 0.15) is 30.0 Å². The van der Waals surface area contributed by atoms with Gasteiger partial charge < -0.3 is 5.73 Å². The highest BCUT2D eigenvalue weighted by molar-refractivity contribution is 6.42. The van der Waals surface area contributed by atoms with Gasteiger partial charge in [-0.05, 0) is 48.9 Å². The van der Waals surface area contributed by atoms with Gasteiger partial charge in [0.05, 0.1) is 10.0 Å². The zero-order chi connectivity index (χ0) is 10.3. The molecule has 0 aliphatic heterocycles. The Kier molecular flexibility index (Phi) is 2.74. The van der Waals surface area contributed by atoms with Gasteiger partial charge in [-0.2, -0.15) is 0 Å². The van der Waals surface area contributed by atoms with Crippen LogP contribution in [0.25, 0.3) is 0 Å². The van der Waals surface area contributed by atoms with Crippen LogP contribution >= 0.6 is 23.2 Å². The average Bonchev–Trinajstić information content (AvgIpc) is 2.93. The second-order valence-corrected chi connectivity index (χ2v) is 4.80. The first-order valence-electron chi connectivity index (χ1n) is 4.80. The van der Waals surface area contributed by atoms with E-state index in [2.05, 4.69) is 0 Å². The van der Waals surface area contributed by atoms with Gasteiger partial charge >= 0.3 is 0 Å². The molecule has 0 saturated heterocycles. The minimum Gasteiger partial charge on any atom is -0.324 e. The van der Waals surface area contributed by atoms with Crippen molar-refractivity contribution < 1.29 is 0 Å². The average molecular weight is 230 g/mol. The monoisotopic (exact) mass is 229 g/mol. The summed E-state index contributed by atoms with van der Waals surface area (Å²) >= 11 is 11.9. The van der Waals surface area contributed by atoms with Crippen molar-refractivity contribution >= 4 is 23.2 Å². The van der Waals surface area contributed by atoms with Gasteiger partial charge in [-0.15, -0.1) is 0 Å². The fourth-order valence-electron chi connectivity index (χ4n) is 1.73. The smallest absolute Gasteiger partial charge is 0.0595 e. The Morgan fingerprint density at radius 2 is 1.86 bits per heavy atom. The molecular formula is C11H13Cl2N. The summed E-state index contributed by atoms with van der Waals surface area (Å²) in [4.78, 5) is 0. The van der Waals surface area contributed by atoms with Crippen LogP contribution in [0.3, 0.4) is 0 Å². The van der Waals surface area contributed by atoms with Crippen LogP contribution in [-0.4, -0.2) is 0 Å². The molecule has 0 bridgehead atoms. The second-order valence-electron chi connectivity index (χ2n) is 3.99. The largest absolute Gasteiger partial charge is 0.324 e. The molecule has 0 aromatic heterocycles. The third-order valence-electron chi connectivity index (χ3n) is 2.80. The molecule has 1 fully saturated rings. The van der Waals surface area contributed by atoms with Crippen LogP contribution in [0.2, 0.25) is 10.0 Å². The lowest BCUT2D eigenvalue weighted by molar-refractivity contribution is 0.630. The Morgan fingerprint density at radius 1 is 1.29 bits per heavy atom. The van der Waals surface area contributed by atoms with Gasteiger partial charge in [0.2, 0.25) is 0 Å². The van der Waals surface area contributed by atoms with Gasteiger partial charge in [0, 0.05) is 6.04 Å². The highest BCUT2D eigenvalue weighted by atomic mass is 35.5. The summed E-state index contributed by atoms with van der Waals surface area (Å²) in [6, 6.07) is 3.92. The third kappa shape index (κ3) is 1.90. The summed E-state index contributed by atoms with van der Waals surface area (Å²) in [6.07, 6.45) is 2.47. The van der Waals surface area contributed by atoms with Gasteiger partial charge in [-0.3, -0.25) is 0 Å². The Morgan fingerprint density at radius 3 is 2.43 bits per heavy atom. The minimum absolute atomic E-state index is 0.129. The van der Waals surface area contributed by atoms with Crippen LogP contribution in [0.5, 0.6) is 0 Å². The predicted molar refractivity (Wildman–Crippen MR) is 60.9 cm³/mol. The second kappa shape index (κ2) is 3.73. The summed E-state index contributed by atoms with van der Waals surface area (Å²) in [5.41, 5.74) is 8.40. The first-order valence-corrected chi connectivity index (χ1v) is 5.56. The van der Waals surface area contributed by atoms with E-state index in [4.69, 9.17) is 28.9 Å². The van der Waals surface area contributed by atoms with E-state index in [1.807, 2.05) is 19.1 Å². The van der Waals surface area contributed by atoms with E-state index < -0.39 is 0 Å². The van der Waals surface area contributed by atoms with Crippen molar-refractivity contribution in [1.29, 1.82) is 0 Å². The number of nitrogens with two attached hydrogens (primary N) is 1. The van der Waals surface area contributed by atoms with Gasteiger partial charge in [-0.1, -0.05) is 23.2 Å². The first-order chi connectivity index (χ1) is 6.59. The van der Waals surface area contributed by atoms with E-state index in [1.165, 1.54) is 12.8 Å². The molecule has 3 heteroatoms. The number of aryl methyl sites for hydroxylation is 1. The fraction of sp³-hybridized carbons (Fsp3) is 0.455. The van der Waals surface area contributed by atoms with Crippen LogP contribution in [0, 0.1) is 12.8 Å². The molecule has 1 atom stereocenters. The zero-order valence-electron chi connectivity index (χ0n) is 8.06. The molecule has 1 aliphatic carbocycles. The zero-order valence-corrected chi connectivity index (χ0v) is 9.57. The minimum atomic E-state index is 0.129. The SMILES string of the molecule is Cc1cc(Cl)c(Cl)cc1[C@@H](N)C1CC1. The van der Waals surface area contributed by atoms with Crippen molar-refractivity contribution in [1.82, 2.24) is 0 Å². The number of rotatable bonds is 2. The molecule has 2 rings (SSSR count). The maximum absolute atomic E-state index is 6.12. The van der Waals surface area contributed by atoms with E-state index in [-0.39, 0.29) is 6.04 Å². The Balaban J connectivity index is 2.36. The van der Waals surface area contributed by atoms with Gasteiger partial charge in [0.25, 0.3) is 0 Å². The van der Waals surface area contributed by atoms with Gasteiger partial charge in [-0.25, -0.2) is 0 Å². The summed E-state index contributed by atoms with van der Waals surface area (Å²) in [7, 11) is 0. The Labute approximate surface area is 94.2 Å². The number of hydrogen-bond donors (Lipinski definition) is 1. The van der Waals surface area contributed by atoms with E-state index in [0.29, 0.717) is 16.0 Å². The van der Waals surface area contributed by atoms with Crippen LogP contribution in [0.15, 0.2) is 12.1 Å². The lowest BCUT2D eigenvalue weighted by Gasteiger charge is -2.14. The molecule has 0 radical (unpaired) electrons. The quantitative estimate of drug-likeness (QED) is 0.823. The van der Waals surface area contributed by atoms with Crippen LogP contribution in [0.4, 0.5) is 0 Å². The summed E-state index contributed by atoms with van der Waals surface area (Å²) in [5, 5.41) is 1.21. The molecule has 0 spiro atoms. The maximum Gasteiger partial charge on any atom is 0.0595 e. The third-order valence-corrected chi connectivity index (χ3v) is 3.52. The highest BCUT2D eigenvalue weighted by Gasteiger charge is 2.30. The van der Waals surface area contributed by atoms with E-state index in [1.54, 1.807) is 0 Å². The lowest BCUT2D eigenvalue weighted by Crippen LogP contribution is -2.13. The van der Waals surface area contributed by atoms with Crippen LogP contribution < -0.4 is 5.73 Å². The molecule has 1 aromatic rings. The summed E-state index contributed by atoms with van der Waals surface area (Å²) in [6.45, 7) is 2.03. The van der Waals surface area contributed by atoms with Gasteiger partial charge in [0.15, 0.2) is 0 Å². The standard InChI is InChI=1S/C11H13Cl2N/c1-6-4-9(12)10(13)5-8(6)11(14)7-2-3-7/h4-5,7,11H,2-3,14H2,1H3/t11-/m0/s1. The predicted octanol–water partition coefficient (Wildman–Crippen LogP) is 3.71. The molecule has 1 nitrogen and oxygen atoms in total. The van der Waals surface area contributed by atoms with E-state index in [9.17, 15) is 0 Å². The number of hydrogen-bond acceptors (Lipinski definition) is 1. The molecule has 2 N–H and O–H groups in total. The number of benzene rings is 1. The molecule has 0 heterocycles. The van der Waals surface area contributed by atoms with Gasteiger partial charge in [0.1, 0.15) is 0 Å². The first kappa shape index (κ1) is 10.3. The molecule has 76 valence electrons. The van der Waals surface area contributed by atoms with Crippen molar-refractivity contribution in [3.05, 3.63) is 33.3 Å². The molecule has 0 unspecified atom stereocenters. The van der Waals surface area contributed by atoms with Crippen molar-refractivity contribution in [2.24, 2.45) is 11.7 Å². The normalized spacial score (nSPS) is 18.3. The van der Waals surface area contributed by atoms with Crippen LogP contribution in [-0.2, 0) is 0 Å². The van der Waals surface area contributed by atoms with Crippen molar-refractivity contribution in [2.45, 2.75) is 25.8 Å². The fourth-order valence-corrected chi connectivity index (χ4v) is 2.12. The Bertz CT molecular complexity index is 359. The van der Waals surface area contributed by atoms with E-state index >= 15 is 0 Å². The van der Waals surface area contributed by atoms with E-state index in [0.717, 1.165) is 11.1 Å². The molecule has 14 heavy (non-hydrogen) atoms. The van der Waals surface area contributed by atoms with Crippen molar-refractivity contribution in [2.75, 3.05) is 0 Å². The molecule has 1 saturated carbocycles. The van der Waals surface area contributed by atoms with Crippen molar-refractivity contribution in [3.63, 3.8) is 0 Å². The highest BCUT2D eigenvalue weighted by Crippen LogP contribution is 2.41. The molecule has 1 aromatic carbocycles. The Hall–Kier alpha value is -0.240. The maximum atomic E-state index is 6.12. The topological polar surface area (TPSA) is 26.0 Å². The molecule has 0 amide bonds. The molecule has 1 aliphatic rings. The summed E-state index contributed by atoms with van der Waals surface area (Å²) in [5.74, 6) is 0.644. The number of halogens is 2. The summed E-state index contributed by atoms with van der Waals surface area (Å²) < 4.78 is 0.